The first-order valence-corrected chi connectivity index (χ1v) is 5.08. The molecule has 1 fully saturated rings. The van der Waals surface area contributed by atoms with Crippen LogP contribution in [0.2, 0.25) is 0 Å². The van der Waals surface area contributed by atoms with Gasteiger partial charge in [0.25, 0.3) is 10.1 Å². The molecular formula is C6H10F2O3S. The van der Waals surface area contributed by atoms with E-state index in [-0.39, 0.29) is 18.6 Å². The van der Waals surface area contributed by atoms with Crippen molar-refractivity contribution in [1.29, 1.82) is 0 Å². The number of rotatable bonds is 3. The number of halogens is 2. The largest absolute Gasteiger partial charge is 0.273 e. The Hall–Kier alpha value is -0.230. The van der Waals surface area contributed by atoms with E-state index in [0.29, 0.717) is 0 Å². The van der Waals surface area contributed by atoms with E-state index in [9.17, 15) is 17.2 Å². The second-order valence-electron chi connectivity index (χ2n) is 3.02. The molecule has 0 bridgehead atoms. The fraction of sp³-hybridized carbons (Fsp3) is 1.00. The quantitative estimate of drug-likeness (QED) is 0.638. The van der Waals surface area contributed by atoms with Crippen molar-refractivity contribution < 1.29 is 21.4 Å². The van der Waals surface area contributed by atoms with E-state index in [1.165, 1.54) is 0 Å². The van der Waals surface area contributed by atoms with E-state index in [2.05, 4.69) is 4.18 Å². The van der Waals surface area contributed by atoms with Gasteiger partial charge in [0.2, 0.25) is 5.92 Å². The van der Waals surface area contributed by atoms with E-state index < -0.39 is 22.0 Å². The van der Waals surface area contributed by atoms with Crippen LogP contribution in [0.5, 0.6) is 0 Å². The van der Waals surface area contributed by atoms with E-state index in [4.69, 9.17) is 0 Å². The Morgan fingerprint density at radius 1 is 1.50 bits per heavy atom. The smallest absolute Gasteiger partial charge is 0.267 e. The Morgan fingerprint density at radius 3 is 2.33 bits per heavy atom. The van der Waals surface area contributed by atoms with Gasteiger partial charge in [-0.15, -0.1) is 0 Å². The van der Waals surface area contributed by atoms with E-state index in [1.807, 2.05) is 0 Å². The molecule has 6 heteroatoms. The van der Waals surface area contributed by atoms with Crippen molar-refractivity contribution in [3.63, 3.8) is 0 Å². The zero-order valence-electron chi connectivity index (χ0n) is 6.59. The summed E-state index contributed by atoms with van der Waals surface area (Å²) in [7, 11) is -2.53. The molecule has 1 rings (SSSR count). The van der Waals surface area contributed by atoms with Crippen LogP contribution in [-0.4, -0.2) is 27.2 Å². The molecule has 0 unspecified atom stereocenters. The molecule has 0 aliphatic heterocycles. The lowest BCUT2D eigenvalue weighted by molar-refractivity contribution is -0.103. The van der Waals surface area contributed by atoms with Crippen LogP contribution in [0.25, 0.3) is 0 Å². The molecule has 1 saturated carbocycles. The minimum atomic E-state index is -3.56. The van der Waals surface area contributed by atoms with Crippen molar-refractivity contribution in [2.45, 2.75) is 18.8 Å². The van der Waals surface area contributed by atoms with Crippen LogP contribution in [0.3, 0.4) is 0 Å². The van der Waals surface area contributed by atoms with Crippen LogP contribution in [0.4, 0.5) is 8.78 Å². The van der Waals surface area contributed by atoms with Gasteiger partial charge in [0.15, 0.2) is 0 Å². The molecule has 0 aromatic carbocycles. The zero-order valence-corrected chi connectivity index (χ0v) is 7.40. The number of hydrogen-bond donors (Lipinski definition) is 0. The molecule has 0 spiro atoms. The van der Waals surface area contributed by atoms with E-state index in [1.54, 1.807) is 0 Å². The van der Waals surface area contributed by atoms with Crippen molar-refractivity contribution in [3.05, 3.63) is 0 Å². The topological polar surface area (TPSA) is 43.4 Å². The van der Waals surface area contributed by atoms with Gasteiger partial charge in [-0.1, -0.05) is 0 Å². The van der Waals surface area contributed by atoms with Crippen molar-refractivity contribution in [1.82, 2.24) is 0 Å². The molecule has 0 heterocycles. The first-order valence-electron chi connectivity index (χ1n) is 3.51. The van der Waals surface area contributed by atoms with Crippen LogP contribution in [0.15, 0.2) is 0 Å². The van der Waals surface area contributed by atoms with Gasteiger partial charge in [-0.2, -0.15) is 8.42 Å². The molecule has 0 saturated heterocycles. The molecule has 0 aromatic rings. The second-order valence-corrected chi connectivity index (χ2v) is 4.80. The van der Waals surface area contributed by atoms with Crippen LogP contribution in [-0.2, 0) is 14.3 Å². The fourth-order valence-corrected chi connectivity index (χ4v) is 2.21. The third kappa shape index (κ3) is 2.38. The van der Waals surface area contributed by atoms with Gasteiger partial charge >= 0.3 is 0 Å². The predicted molar refractivity (Wildman–Crippen MR) is 38.5 cm³/mol. The maximum Gasteiger partial charge on any atom is 0.267 e. The number of alkyl halides is 2. The SMILES string of the molecule is COS(=O)(=O)CC1CC(F)(F)C1. The average molecular weight is 200 g/mol. The van der Waals surface area contributed by atoms with Crippen molar-refractivity contribution >= 4 is 10.1 Å². The van der Waals surface area contributed by atoms with Crippen LogP contribution in [0, 0.1) is 5.92 Å². The lowest BCUT2D eigenvalue weighted by Crippen LogP contribution is -2.39. The summed E-state index contributed by atoms with van der Waals surface area (Å²) >= 11 is 0. The van der Waals surface area contributed by atoms with E-state index in [0.717, 1.165) is 7.11 Å². The first-order chi connectivity index (χ1) is 5.35. The lowest BCUT2D eigenvalue weighted by Gasteiger charge is -2.34. The summed E-state index contributed by atoms with van der Waals surface area (Å²) in [6.45, 7) is 0. The molecule has 12 heavy (non-hydrogen) atoms. The standard InChI is InChI=1S/C6H10F2O3S/c1-11-12(9,10)4-5-2-6(7,8)3-5/h5H,2-4H2,1H3. The highest BCUT2D eigenvalue weighted by Gasteiger charge is 2.46. The molecule has 0 N–H and O–H groups in total. The van der Waals surface area contributed by atoms with Gasteiger partial charge in [0.1, 0.15) is 0 Å². The highest BCUT2D eigenvalue weighted by Crippen LogP contribution is 2.42. The summed E-state index contributed by atoms with van der Waals surface area (Å²) in [4.78, 5) is 0. The monoisotopic (exact) mass is 200 g/mol. The Labute approximate surface area is 69.8 Å². The minimum Gasteiger partial charge on any atom is -0.273 e. The van der Waals surface area contributed by atoms with Gasteiger partial charge in [0.05, 0.1) is 12.9 Å². The molecule has 0 amide bonds. The fourth-order valence-electron chi connectivity index (χ4n) is 1.26. The molecule has 1 aliphatic rings. The lowest BCUT2D eigenvalue weighted by atomic mass is 9.83. The summed E-state index contributed by atoms with van der Waals surface area (Å²) in [6, 6.07) is 0. The van der Waals surface area contributed by atoms with Crippen LogP contribution < -0.4 is 0 Å². The summed E-state index contributed by atoms with van der Waals surface area (Å²) in [5.74, 6) is -3.39. The zero-order chi connectivity index (χ0) is 9.41. The maximum atomic E-state index is 12.2. The Morgan fingerprint density at radius 2 is 2.00 bits per heavy atom. The molecular weight excluding hydrogens is 190 g/mol. The second kappa shape index (κ2) is 2.92. The normalized spacial score (nSPS) is 23.6. The first kappa shape index (κ1) is 9.85. The average Bonchev–Trinajstić information content (AvgIpc) is 1.83. The van der Waals surface area contributed by atoms with Crippen LogP contribution in [0.1, 0.15) is 12.8 Å². The Balaban J connectivity index is 2.38. The summed E-state index contributed by atoms with van der Waals surface area (Å²) in [6.07, 6.45) is -0.675. The third-order valence-electron chi connectivity index (χ3n) is 1.87. The van der Waals surface area contributed by atoms with Crippen LogP contribution >= 0.6 is 0 Å². The summed E-state index contributed by atoms with van der Waals surface area (Å²) < 4.78 is 50.1. The van der Waals surface area contributed by atoms with Gasteiger partial charge in [-0.3, -0.25) is 4.18 Å². The molecule has 0 aromatic heterocycles. The highest BCUT2D eigenvalue weighted by atomic mass is 32.2. The van der Waals surface area contributed by atoms with Gasteiger partial charge in [0, 0.05) is 12.8 Å². The Kier molecular flexibility index (Phi) is 2.40. The Bertz CT molecular complexity index is 252. The molecule has 0 radical (unpaired) electrons. The predicted octanol–water partition coefficient (Wildman–Crippen LogP) is 1.01. The van der Waals surface area contributed by atoms with Gasteiger partial charge < -0.3 is 0 Å². The molecule has 1 aliphatic carbocycles. The number of hydrogen-bond acceptors (Lipinski definition) is 3. The molecule has 72 valence electrons. The minimum absolute atomic E-state index is 0.293. The maximum absolute atomic E-state index is 12.2. The molecule has 0 atom stereocenters. The van der Waals surface area contributed by atoms with Gasteiger partial charge in [-0.25, -0.2) is 8.78 Å². The van der Waals surface area contributed by atoms with Crippen molar-refractivity contribution in [3.8, 4) is 0 Å². The molecule has 3 nitrogen and oxygen atoms in total. The summed E-state index contributed by atoms with van der Waals surface area (Å²) in [5, 5.41) is 0. The van der Waals surface area contributed by atoms with Crippen molar-refractivity contribution in [2.75, 3.05) is 12.9 Å². The van der Waals surface area contributed by atoms with Gasteiger partial charge in [-0.05, 0) is 5.92 Å². The third-order valence-corrected chi connectivity index (χ3v) is 3.26. The van der Waals surface area contributed by atoms with E-state index >= 15 is 0 Å². The highest BCUT2D eigenvalue weighted by molar-refractivity contribution is 7.86. The summed E-state index contributed by atoms with van der Waals surface area (Å²) in [5.41, 5.74) is 0. The van der Waals surface area contributed by atoms with Crippen molar-refractivity contribution in [2.24, 2.45) is 5.92 Å².